The molecule has 25 heavy (non-hydrogen) atoms. The molecule has 0 radical (unpaired) electrons. The van der Waals surface area contributed by atoms with Gasteiger partial charge in [0.25, 0.3) is 0 Å². The number of imidazole rings is 1. The van der Waals surface area contributed by atoms with Crippen molar-refractivity contribution in [2.75, 3.05) is 5.32 Å². The van der Waals surface area contributed by atoms with Gasteiger partial charge in [-0.05, 0) is 62.5 Å². The van der Waals surface area contributed by atoms with Gasteiger partial charge in [-0.2, -0.15) is 0 Å². The van der Waals surface area contributed by atoms with Crippen LogP contribution in [0.4, 0.5) is 5.69 Å². The largest absolute Gasteiger partial charge is 0.334 e. The Morgan fingerprint density at radius 2 is 1.80 bits per heavy atom. The van der Waals surface area contributed by atoms with Crippen LogP contribution in [0.25, 0.3) is 11.3 Å². The van der Waals surface area contributed by atoms with Crippen molar-refractivity contribution in [3.8, 4) is 11.3 Å². The highest BCUT2D eigenvalue weighted by atomic mass is 16.2. The standard InChI is InChI=1S/C20H26N4O/c1-12-19(24(2)11-22-12)15-7-9-16(10-8-15)23-20(25)18(21)17(13-3-4-13)14-5-6-14/h7-11,13-14,17-18H,3-6,21H2,1-2H3,(H,23,25)/t18-/m0/s1. The highest BCUT2D eigenvalue weighted by molar-refractivity contribution is 5.95. The number of hydrogen-bond acceptors (Lipinski definition) is 3. The van der Waals surface area contributed by atoms with E-state index in [2.05, 4.69) is 10.3 Å². The SMILES string of the molecule is Cc1ncn(C)c1-c1ccc(NC(=O)[C@@H](N)C(C2CC2)C2CC2)cc1. The molecule has 5 nitrogen and oxygen atoms in total. The lowest BCUT2D eigenvalue weighted by Crippen LogP contribution is -2.43. The predicted molar refractivity (Wildman–Crippen MR) is 98.9 cm³/mol. The van der Waals surface area contributed by atoms with Gasteiger partial charge in [-0.15, -0.1) is 0 Å². The molecule has 0 spiro atoms. The summed E-state index contributed by atoms with van der Waals surface area (Å²) in [6, 6.07) is 7.53. The molecule has 2 aliphatic carbocycles. The van der Waals surface area contributed by atoms with Crippen LogP contribution in [-0.2, 0) is 11.8 Å². The van der Waals surface area contributed by atoms with E-state index in [0.717, 1.165) is 22.6 Å². The highest BCUT2D eigenvalue weighted by Crippen LogP contribution is 2.50. The molecule has 0 aliphatic heterocycles. The minimum absolute atomic E-state index is 0.0479. The Labute approximate surface area is 148 Å². The molecule has 2 aromatic rings. The summed E-state index contributed by atoms with van der Waals surface area (Å²) in [4.78, 5) is 16.9. The smallest absolute Gasteiger partial charge is 0.241 e. The molecule has 2 saturated carbocycles. The lowest BCUT2D eigenvalue weighted by Gasteiger charge is -2.23. The maximum absolute atomic E-state index is 12.6. The first-order chi connectivity index (χ1) is 12.0. The van der Waals surface area contributed by atoms with Crippen LogP contribution in [0.15, 0.2) is 30.6 Å². The third-order valence-corrected chi connectivity index (χ3v) is 5.60. The number of benzene rings is 1. The van der Waals surface area contributed by atoms with Gasteiger partial charge in [0.2, 0.25) is 5.91 Å². The zero-order chi connectivity index (χ0) is 17.6. The van der Waals surface area contributed by atoms with Crippen molar-refractivity contribution in [2.24, 2.45) is 30.5 Å². The van der Waals surface area contributed by atoms with Crippen LogP contribution in [0.5, 0.6) is 0 Å². The van der Waals surface area contributed by atoms with Crippen molar-refractivity contribution < 1.29 is 4.79 Å². The van der Waals surface area contributed by atoms with E-state index in [-0.39, 0.29) is 11.9 Å². The van der Waals surface area contributed by atoms with Crippen molar-refractivity contribution in [1.82, 2.24) is 9.55 Å². The minimum Gasteiger partial charge on any atom is -0.334 e. The predicted octanol–water partition coefficient (Wildman–Crippen LogP) is 3.10. The summed E-state index contributed by atoms with van der Waals surface area (Å²) in [6.45, 7) is 2.00. The Balaban J connectivity index is 1.44. The number of carbonyl (C=O) groups is 1. The van der Waals surface area contributed by atoms with Gasteiger partial charge in [0.05, 0.1) is 23.8 Å². The summed E-state index contributed by atoms with van der Waals surface area (Å²) in [5.74, 6) is 1.66. The van der Waals surface area contributed by atoms with E-state index in [1.165, 1.54) is 25.7 Å². The van der Waals surface area contributed by atoms with Crippen LogP contribution in [-0.4, -0.2) is 21.5 Å². The molecule has 2 aliphatic rings. The highest BCUT2D eigenvalue weighted by Gasteiger charge is 2.46. The number of amides is 1. The molecule has 1 aromatic carbocycles. The second-order valence-electron chi connectivity index (χ2n) is 7.63. The zero-order valence-electron chi connectivity index (χ0n) is 14.9. The van der Waals surface area contributed by atoms with E-state index >= 15 is 0 Å². The normalized spacial score (nSPS) is 18.4. The quantitative estimate of drug-likeness (QED) is 0.850. The number of nitrogens with one attached hydrogen (secondary N) is 1. The second kappa shape index (κ2) is 6.30. The van der Waals surface area contributed by atoms with E-state index in [4.69, 9.17) is 5.73 Å². The maximum Gasteiger partial charge on any atom is 0.241 e. The number of rotatable bonds is 6. The van der Waals surface area contributed by atoms with E-state index in [1.807, 2.05) is 49.1 Å². The molecule has 1 aromatic heterocycles. The zero-order valence-corrected chi connectivity index (χ0v) is 14.9. The Morgan fingerprint density at radius 1 is 1.20 bits per heavy atom. The molecule has 2 fully saturated rings. The molecule has 3 N–H and O–H groups in total. The molecular formula is C20H26N4O. The van der Waals surface area contributed by atoms with Crippen molar-refractivity contribution in [3.05, 3.63) is 36.3 Å². The third-order valence-electron chi connectivity index (χ3n) is 5.60. The summed E-state index contributed by atoms with van der Waals surface area (Å²) < 4.78 is 2.01. The van der Waals surface area contributed by atoms with Gasteiger partial charge in [-0.25, -0.2) is 4.98 Å². The number of aryl methyl sites for hydroxylation is 2. The van der Waals surface area contributed by atoms with Gasteiger partial charge in [-0.3, -0.25) is 4.79 Å². The fourth-order valence-electron chi connectivity index (χ4n) is 4.01. The minimum atomic E-state index is -0.390. The van der Waals surface area contributed by atoms with Gasteiger partial charge in [-0.1, -0.05) is 12.1 Å². The molecule has 1 atom stereocenters. The van der Waals surface area contributed by atoms with Crippen LogP contribution in [0.2, 0.25) is 0 Å². The molecule has 0 bridgehead atoms. The van der Waals surface area contributed by atoms with Gasteiger partial charge in [0.15, 0.2) is 0 Å². The van der Waals surface area contributed by atoms with E-state index in [9.17, 15) is 4.79 Å². The Bertz CT molecular complexity index is 740. The third kappa shape index (κ3) is 3.33. The number of carbonyl (C=O) groups excluding carboxylic acids is 1. The van der Waals surface area contributed by atoms with Gasteiger partial charge in [0, 0.05) is 18.3 Å². The maximum atomic E-state index is 12.6. The number of aromatic nitrogens is 2. The van der Waals surface area contributed by atoms with Crippen LogP contribution < -0.4 is 11.1 Å². The summed E-state index contributed by atoms with van der Waals surface area (Å²) in [5.41, 5.74) is 10.3. The van der Waals surface area contributed by atoms with Crippen molar-refractivity contribution in [2.45, 2.75) is 38.6 Å². The van der Waals surface area contributed by atoms with Crippen molar-refractivity contribution in [3.63, 3.8) is 0 Å². The number of nitrogens with two attached hydrogens (primary N) is 1. The fourth-order valence-corrected chi connectivity index (χ4v) is 4.01. The van der Waals surface area contributed by atoms with Gasteiger partial charge >= 0.3 is 0 Å². The van der Waals surface area contributed by atoms with E-state index < -0.39 is 0 Å². The van der Waals surface area contributed by atoms with Gasteiger partial charge in [0.1, 0.15) is 0 Å². The van der Waals surface area contributed by atoms with Gasteiger partial charge < -0.3 is 15.6 Å². The summed E-state index contributed by atoms with van der Waals surface area (Å²) >= 11 is 0. The van der Waals surface area contributed by atoms with Crippen LogP contribution in [0.3, 0.4) is 0 Å². The lowest BCUT2D eigenvalue weighted by atomic mass is 9.89. The monoisotopic (exact) mass is 338 g/mol. The second-order valence-corrected chi connectivity index (χ2v) is 7.63. The molecule has 4 rings (SSSR count). The van der Waals surface area contributed by atoms with E-state index in [1.54, 1.807) is 0 Å². The van der Waals surface area contributed by atoms with Crippen molar-refractivity contribution in [1.29, 1.82) is 0 Å². The topological polar surface area (TPSA) is 72.9 Å². The first-order valence-corrected chi connectivity index (χ1v) is 9.19. The molecule has 0 saturated heterocycles. The Kier molecular flexibility index (Phi) is 4.12. The molecular weight excluding hydrogens is 312 g/mol. The summed E-state index contributed by atoms with van der Waals surface area (Å²) in [6.07, 6.45) is 6.76. The molecule has 132 valence electrons. The Hall–Kier alpha value is -2.14. The average molecular weight is 338 g/mol. The molecule has 5 heteroatoms. The lowest BCUT2D eigenvalue weighted by molar-refractivity contribution is -0.118. The molecule has 1 amide bonds. The van der Waals surface area contributed by atoms with Crippen LogP contribution in [0, 0.1) is 24.7 Å². The van der Waals surface area contributed by atoms with Crippen molar-refractivity contribution >= 4 is 11.6 Å². The molecule has 1 heterocycles. The van der Waals surface area contributed by atoms with Crippen LogP contribution in [0.1, 0.15) is 31.4 Å². The first-order valence-electron chi connectivity index (χ1n) is 9.19. The Morgan fingerprint density at radius 3 is 2.28 bits per heavy atom. The average Bonchev–Trinajstić information content (AvgIpc) is 3.51. The van der Waals surface area contributed by atoms with E-state index in [0.29, 0.717) is 17.8 Å². The van der Waals surface area contributed by atoms with Crippen LogP contribution >= 0.6 is 0 Å². The summed E-state index contributed by atoms with van der Waals surface area (Å²) in [5, 5.41) is 3.00. The molecule has 0 unspecified atom stereocenters. The number of nitrogens with zero attached hydrogens (tertiary/aromatic N) is 2. The first kappa shape index (κ1) is 16.3. The summed E-state index contributed by atoms with van der Waals surface area (Å²) in [7, 11) is 1.99. The fraction of sp³-hybridized carbons (Fsp3) is 0.500. The number of hydrogen-bond donors (Lipinski definition) is 2. The number of anilines is 1.